The molecule has 0 aromatic heterocycles. The standard InChI is InChI=1S/C18H31N3O4.CH4O/c1-5-17(24)21-10-11-25-18(13-21,6-8-19-14-23)7-9-20(4)16(12-22)15(2)3;1-2/h5,12,14-16H,1,6-11,13H2,2-4H3,(H,19,23);2H,1H3. The van der Waals surface area contributed by atoms with Crippen molar-refractivity contribution in [2.45, 2.75) is 38.3 Å². The molecule has 2 atom stereocenters. The largest absolute Gasteiger partial charge is 0.400 e. The molecular weight excluding hydrogens is 350 g/mol. The molecule has 0 aromatic rings. The minimum absolute atomic E-state index is 0.114. The average Bonchev–Trinajstić information content (AvgIpc) is 2.68. The SMILES string of the molecule is C=CC(=O)N1CCOC(CCNC=O)(CCN(C)C(C=O)C(C)C)C1.CO. The van der Waals surface area contributed by atoms with E-state index in [1.54, 1.807) is 4.90 Å². The topological polar surface area (TPSA) is 99.2 Å². The summed E-state index contributed by atoms with van der Waals surface area (Å²) in [6.45, 7) is 10.2. The minimum atomic E-state index is -0.536. The number of aliphatic hydroxyl groups excluding tert-OH is 1. The van der Waals surface area contributed by atoms with Crippen LogP contribution in [0.3, 0.4) is 0 Å². The highest BCUT2D eigenvalue weighted by Gasteiger charge is 2.38. The molecule has 0 radical (unpaired) electrons. The minimum Gasteiger partial charge on any atom is -0.400 e. The lowest BCUT2D eigenvalue weighted by molar-refractivity contribution is -0.150. The Morgan fingerprint density at radius 1 is 1.37 bits per heavy atom. The third-order valence-electron chi connectivity index (χ3n) is 4.79. The van der Waals surface area contributed by atoms with Gasteiger partial charge in [-0.2, -0.15) is 0 Å². The van der Waals surface area contributed by atoms with E-state index in [2.05, 4.69) is 11.9 Å². The first-order valence-electron chi connectivity index (χ1n) is 9.21. The zero-order valence-electron chi connectivity index (χ0n) is 17.0. The number of aliphatic hydroxyl groups is 1. The monoisotopic (exact) mass is 385 g/mol. The Balaban J connectivity index is 0.00000326. The number of carbonyl (C=O) groups excluding carboxylic acids is 3. The van der Waals surface area contributed by atoms with Gasteiger partial charge in [-0.15, -0.1) is 0 Å². The van der Waals surface area contributed by atoms with Crippen molar-refractivity contribution < 1.29 is 24.2 Å². The molecule has 2 N–H and O–H groups in total. The van der Waals surface area contributed by atoms with Crippen molar-refractivity contribution in [3.05, 3.63) is 12.7 Å². The average molecular weight is 386 g/mol. The number of hydrogen-bond acceptors (Lipinski definition) is 6. The third-order valence-corrected chi connectivity index (χ3v) is 4.79. The van der Waals surface area contributed by atoms with Crippen LogP contribution < -0.4 is 5.32 Å². The summed E-state index contributed by atoms with van der Waals surface area (Å²) in [4.78, 5) is 37.6. The number of morpholine rings is 1. The lowest BCUT2D eigenvalue weighted by atomic mass is 9.91. The summed E-state index contributed by atoms with van der Waals surface area (Å²) in [5.74, 6) is 0.110. The molecule has 2 amide bonds. The Morgan fingerprint density at radius 3 is 2.56 bits per heavy atom. The van der Waals surface area contributed by atoms with Crippen LogP contribution >= 0.6 is 0 Å². The molecule has 1 rings (SSSR count). The van der Waals surface area contributed by atoms with Gasteiger partial charge in [-0.1, -0.05) is 20.4 Å². The molecule has 8 heteroatoms. The Labute approximate surface area is 162 Å². The summed E-state index contributed by atoms with van der Waals surface area (Å²) in [6.07, 6.45) is 4.22. The highest BCUT2D eigenvalue weighted by molar-refractivity contribution is 5.87. The number of rotatable bonds is 11. The molecule has 8 nitrogen and oxygen atoms in total. The van der Waals surface area contributed by atoms with Gasteiger partial charge in [0.15, 0.2) is 0 Å². The Bertz CT molecular complexity index is 472. The number of amides is 2. The second kappa shape index (κ2) is 13.4. The van der Waals surface area contributed by atoms with Crippen LogP contribution in [0.1, 0.15) is 26.7 Å². The van der Waals surface area contributed by atoms with Crippen LogP contribution in [0.25, 0.3) is 0 Å². The predicted octanol–water partition coefficient (Wildman–Crippen LogP) is 0.0600. The van der Waals surface area contributed by atoms with Crippen molar-refractivity contribution in [2.75, 3.05) is 46.9 Å². The first-order valence-corrected chi connectivity index (χ1v) is 9.21. The maximum absolute atomic E-state index is 12.0. The highest BCUT2D eigenvalue weighted by Crippen LogP contribution is 2.27. The van der Waals surface area contributed by atoms with E-state index in [0.717, 1.165) is 13.4 Å². The first kappa shape index (κ1) is 25.2. The van der Waals surface area contributed by atoms with Crippen LogP contribution in [0.5, 0.6) is 0 Å². The number of aldehydes is 1. The van der Waals surface area contributed by atoms with E-state index in [-0.39, 0.29) is 17.9 Å². The van der Waals surface area contributed by atoms with Gasteiger partial charge in [-0.3, -0.25) is 14.5 Å². The quantitative estimate of drug-likeness (QED) is 0.296. The molecule has 1 fully saturated rings. The molecule has 0 spiro atoms. The van der Waals surface area contributed by atoms with E-state index in [0.29, 0.717) is 52.0 Å². The second-order valence-electron chi connectivity index (χ2n) is 6.92. The van der Waals surface area contributed by atoms with E-state index in [4.69, 9.17) is 9.84 Å². The lowest BCUT2D eigenvalue weighted by Gasteiger charge is -2.44. The number of nitrogens with one attached hydrogen (secondary N) is 1. The lowest BCUT2D eigenvalue weighted by Crippen LogP contribution is -2.55. The predicted molar refractivity (Wildman–Crippen MR) is 104 cm³/mol. The summed E-state index contributed by atoms with van der Waals surface area (Å²) >= 11 is 0. The molecule has 0 bridgehead atoms. The van der Waals surface area contributed by atoms with Crippen LogP contribution in [0.2, 0.25) is 0 Å². The van der Waals surface area contributed by atoms with Gasteiger partial charge in [-0.05, 0) is 31.9 Å². The van der Waals surface area contributed by atoms with Crippen LogP contribution in [-0.4, -0.2) is 92.1 Å². The van der Waals surface area contributed by atoms with E-state index in [1.165, 1.54) is 6.08 Å². The number of likely N-dealkylation sites (N-methyl/N-ethyl adjacent to an activating group) is 1. The van der Waals surface area contributed by atoms with E-state index >= 15 is 0 Å². The molecule has 1 saturated heterocycles. The molecule has 0 aromatic carbocycles. The molecule has 0 saturated carbocycles. The fourth-order valence-corrected chi connectivity index (χ4v) is 3.25. The number of nitrogens with zero attached hydrogens (tertiary/aromatic N) is 2. The summed E-state index contributed by atoms with van der Waals surface area (Å²) in [6, 6.07) is -0.153. The first-order chi connectivity index (χ1) is 12.9. The Kier molecular flexibility index (Phi) is 12.5. The fraction of sp³-hybridized carbons (Fsp3) is 0.737. The number of carbonyl (C=O) groups is 3. The zero-order chi connectivity index (χ0) is 20.9. The van der Waals surface area contributed by atoms with Crippen LogP contribution in [0.4, 0.5) is 0 Å². The van der Waals surface area contributed by atoms with Crippen LogP contribution in [-0.2, 0) is 19.1 Å². The third kappa shape index (κ3) is 8.19. The van der Waals surface area contributed by atoms with Crippen molar-refractivity contribution in [1.29, 1.82) is 0 Å². The van der Waals surface area contributed by atoms with Gasteiger partial charge in [0.05, 0.1) is 24.8 Å². The van der Waals surface area contributed by atoms with Crippen molar-refractivity contribution in [3.63, 3.8) is 0 Å². The number of ether oxygens (including phenoxy) is 1. The maximum atomic E-state index is 12.0. The van der Waals surface area contributed by atoms with Crippen molar-refractivity contribution in [3.8, 4) is 0 Å². The summed E-state index contributed by atoms with van der Waals surface area (Å²) < 4.78 is 6.06. The zero-order valence-corrected chi connectivity index (χ0v) is 17.0. The molecule has 0 aliphatic carbocycles. The van der Waals surface area contributed by atoms with Crippen molar-refractivity contribution >= 4 is 18.6 Å². The van der Waals surface area contributed by atoms with E-state index in [1.807, 2.05) is 25.8 Å². The molecule has 1 aliphatic rings. The van der Waals surface area contributed by atoms with Crippen LogP contribution in [0.15, 0.2) is 12.7 Å². The Hall–Kier alpha value is -1.77. The second-order valence-corrected chi connectivity index (χ2v) is 6.92. The molecule has 1 aliphatic heterocycles. The highest BCUT2D eigenvalue weighted by atomic mass is 16.5. The van der Waals surface area contributed by atoms with E-state index in [9.17, 15) is 14.4 Å². The summed E-state index contributed by atoms with van der Waals surface area (Å²) in [5.41, 5.74) is -0.536. The summed E-state index contributed by atoms with van der Waals surface area (Å²) in [5, 5.41) is 9.66. The van der Waals surface area contributed by atoms with Crippen molar-refractivity contribution in [1.82, 2.24) is 15.1 Å². The maximum Gasteiger partial charge on any atom is 0.246 e. The normalized spacial score (nSPS) is 20.5. The van der Waals surface area contributed by atoms with Gasteiger partial charge >= 0.3 is 0 Å². The Morgan fingerprint density at radius 2 is 2.04 bits per heavy atom. The van der Waals surface area contributed by atoms with Gasteiger partial charge in [-0.25, -0.2) is 0 Å². The van der Waals surface area contributed by atoms with Gasteiger partial charge < -0.3 is 24.9 Å². The van der Waals surface area contributed by atoms with Gasteiger partial charge in [0.25, 0.3) is 0 Å². The van der Waals surface area contributed by atoms with Crippen molar-refractivity contribution in [2.24, 2.45) is 5.92 Å². The fourth-order valence-electron chi connectivity index (χ4n) is 3.25. The molecule has 1 heterocycles. The van der Waals surface area contributed by atoms with Crippen LogP contribution in [0, 0.1) is 5.92 Å². The van der Waals surface area contributed by atoms with Gasteiger partial charge in [0.1, 0.15) is 6.29 Å². The smallest absolute Gasteiger partial charge is 0.246 e. The molecule has 156 valence electrons. The van der Waals surface area contributed by atoms with Gasteiger partial charge in [0.2, 0.25) is 12.3 Å². The van der Waals surface area contributed by atoms with Gasteiger partial charge in [0, 0.05) is 26.7 Å². The van der Waals surface area contributed by atoms with E-state index < -0.39 is 5.60 Å². The molecule has 2 unspecified atom stereocenters. The molecule has 27 heavy (non-hydrogen) atoms. The number of hydrogen-bond donors (Lipinski definition) is 2. The molecular formula is C19H35N3O5. The summed E-state index contributed by atoms with van der Waals surface area (Å²) in [7, 11) is 2.92.